The quantitative estimate of drug-likeness (QED) is 0.909. The van der Waals surface area contributed by atoms with Crippen LogP contribution in [0.4, 0.5) is 0 Å². The molecule has 0 spiro atoms. The van der Waals surface area contributed by atoms with Gasteiger partial charge < -0.3 is 9.63 Å². The molecule has 0 aliphatic carbocycles. The van der Waals surface area contributed by atoms with Crippen LogP contribution in [0.15, 0.2) is 4.52 Å². The zero-order valence-electron chi connectivity index (χ0n) is 10.1. The molecule has 6 heteroatoms. The van der Waals surface area contributed by atoms with E-state index in [1.54, 1.807) is 0 Å². The topological polar surface area (TPSA) is 59.2 Å². The van der Waals surface area contributed by atoms with E-state index in [4.69, 9.17) is 4.52 Å². The Morgan fingerprint density at radius 2 is 2.24 bits per heavy atom. The summed E-state index contributed by atoms with van der Waals surface area (Å²) < 4.78 is 5.19. The second-order valence-electron chi connectivity index (χ2n) is 4.18. The summed E-state index contributed by atoms with van der Waals surface area (Å²) in [6.07, 6.45) is 0.791. The number of aromatic nitrogens is 2. The Morgan fingerprint density at radius 1 is 1.47 bits per heavy atom. The second-order valence-corrected chi connectivity index (χ2v) is 6.91. The smallest absolute Gasteiger partial charge is 0.229 e. The zero-order valence-corrected chi connectivity index (χ0v) is 11.8. The molecule has 0 aromatic carbocycles. The van der Waals surface area contributed by atoms with Crippen molar-refractivity contribution in [3.8, 4) is 0 Å². The highest BCUT2D eigenvalue weighted by molar-refractivity contribution is 8.06. The molecule has 0 saturated carbocycles. The lowest BCUT2D eigenvalue weighted by molar-refractivity contribution is 0.158. The van der Waals surface area contributed by atoms with Crippen LogP contribution in [-0.2, 0) is 6.42 Å². The minimum absolute atomic E-state index is 0.324. The van der Waals surface area contributed by atoms with E-state index >= 15 is 0 Å². The third kappa shape index (κ3) is 3.39. The zero-order chi connectivity index (χ0) is 12.3. The summed E-state index contributed by atoms with van der Waals surface area (Å²) >= 11 is 3.85. The molecular weight excluding hydrogens is 256 g/mol. The third-order valence-electron chi connectivity index (χ3n) is 2.81. The molecule has 0 bridgehead atoms. The molecule has 2 rings (SSSR count). The normalized spacial score (nSPS) is 27.0. The summed E-state index contributed by atoms with van der Waals surface area (Å²) in [7, 11) is 0. The molecule has 1 aliphatic rings. The highest BCUT2D eigenvalue weighted by Crippen LogP contribution is 2.41. The van der Waals surface area contributed by atoms with Crippen molar-refractivity contribution in [3.05, 3.63) is 11.7 Å². The van der Waals surface area contributed by atoms with Gasteiger partial charge in [0, 0.05) is 16.8 Å². The predicted molar refractivity (Wildman–Crippen MR) is 71.4 cm³/mol. The van der Waals surface area contributed by atoms with Gasteiger partial charge in [0.05, 0.1) is 17.8 Å². The van der Waals surface area contributed by atoms with Gasteiger partial charge in [-0.2, -0.15) is 16.7 Å². The van der Waals surface area contributed by atoms with Gasteiger partial charge in [0.25, 0.3) is 0 Å². The summed E-state index contributed by atoms with van der Waals surface area (Å²) in [6, 6.07) is 0. The molecule has 17 heavy (non-hydrogen) atoms. The monoisotopic (exact) mass is 274 g/mol. The van der Waals surface area contributed by atoms with Gasteiger partial charge in [-0.25, -0.2) is 0 Å². The van der Waals surface area contributed by atoms with E-state index in [1.165, 1.54) is 5.75 Å². The molecule has 1 N–H and O–H groups in total. The van der Waals surface area contributed by atoms with Gasteiger partial charge in [0.1, 0.15) is 0 Å². The molecule has 3 atom stereocenters. The number of aliphatic hydroxyl groups is 1. The van der Waals surface area contributed by atoms with Crippen LogP contribution in [0.25, 0.3) is 0 Å². The van der Waals surface area contributed by atoms with E-state index in [-0.39, 0.29) is 6.10 Å². The molecule has 1 aliphatic heterocycles. The number of thioether (sulfide) groups is 2. The number of hydrogen-bond donors (Lipinski definition) is 1. The van der Waals surface area contributed by atoms with Crippen molar-refractivity contribution in [2.45, 2.75) is 43.3 Å². The average molecular weight is 274 g/mol. The summed E-state index contributed by atoms with van der Waals surface area (Å²) in [5, 5.41) is 14.4. The minimum atomic E-state index is -0.380. The maximum atomic E-state index is 9.55. The van der Waals surface area contributed by atoms with Gasteiger partial charge in [0.15, 0.2) is 5.82 Å². The van der Waals surface area contributed by atoms with E-state index in [2.05, 4.69) is 17.1 Å². The standard InChI is InChI=1S/C11H18N2O2S2/c1-3-8(14)6-9-12-11(13-15-9)10-7(2)16-4-5-17-10/h7-8,10,14H,3-6H2,1-2H3. The van der Waals surface area contributed by atoms with Gasteiger partial charge >= 0.3 is 0 Å². The fourth-order valence-corrected chi connectivity index (χ4v) is 4.41. The van der Waals surface area contributed by atoms with Crippen LogP contribution >= 0.6 is 23.5 Å². The highest BCUT2D eigenvalue weighted by atomic mass is 32.2. The van der Waals surface area contributed by atoms with Gasteiger partial charge in [0.2, 0.25) is 5.89 Å². The number of hydrogen-bond acceptors (Lipinski definition) is 6. The van der Waals surface area contributed by atoms with E-state index in [1.807, 2.05) is 30.4 Å². The van der Waals surface area contributed by atoms with Crippen molar-refractivity contribution >= 4 is 23.5 Å². The summed E-state index contributed by atoms with van der Waals surface area (Å²) in [4.78, 5) is 4.40. The molecule has 1 aromatic heterocycles. The molecule has 1 aromatic rings. The Labute approximate surface area is 110 Å². The maximum Gasteiger partial charge on any atom is 0.229 e. The average Bonchev–Trinajstić information content (AvgIpc) is 2.78. The van der Waals surface area contributed by atoms with Crippen molar-refractivity contribution in [1.29, 1.82) is 0 Å². The Bertz CT molecular complexity index is 359. The maximum absolute atomic E-state index is 9.55. The Balaban J connectivity index is 2.01. The van der Waals surface area contributed by atoms with Crippen molar-refractivity contribution < 1.29 is 9.63 Å². The van der Waals surface area contributed by atoms with Gasteiger partial charge in [-0.05, 0) is 6.42 Å². The van der Waals surface area contributed by atoms with Crippen LogP contribution < -0.4 is 0 Å². The van der Waals surface area contributed by atoms with Crippen LogP contribution in [0, 0.1) is 0 Å². The van der Waals surface area contributed by atoms with Crippen molar-refractivity contribution in [2.24, 2.45) is 0 Å². The number of aliphatic hydroxyl groups excluding tert-OH is 1. The molecule has 3 unspecified atom stereocenters. The van der Waals surface area contributed by atoms with Crippen molar-refractivity contribution in [1.82, 2.24) is 10.1 Å². The Morgan fingerprint density at radius 3 is 2.94 bits per heavy atom. The van der Waals surface area contributed by atoms with Crippen LogP contribution in [0.1, 0.15) is 37.2 Å². The van der Waals surface area contributed by atoms with Crippen LogP contribution in [0.5, 0.6) is 0 Å². The second kappa shape index (κ2) is 6.11. The summed E-state index contributed by atoms with van der Waals surface area (Å²) in [6.45, 7) is 4.15. The minimum Gasteiger partial charge on any atom is -0.393 e. The summed E-state index contributed by atoms with van der Waals surface area (Å²) in [5.41, 5.74) is 0. The third-order valence-corrected chi connectivity index (χ3v) is 5.89. The lowest BCUT2D eigenvalue weighted by Crippen LogP contribution is -2.17. The first-order valence-corrected chi connectivity index (χ1v) is 8.04. The number of rotatable bonds is 4. The van der Waals surface area contributed by atoms with E-state index in [0.29, 0.717) is 29.2 Å². The van der Waals surface area contributed by atoms with E-state index in [0.717, 1.165) is 11.6 Å². The SMILES string of the molecule is CCC(O)Cc1nc(C2SCCSC2C)no1. The summed E-state index contributed by atoms with van der Waals surface area (Å²) in [5.74, 6) is 3.67. The lowest BCUT2D eigenvalue weighted by atomic mass is 10.2. The van der Waals surface area contributed by atoms with Crippen LogP contribution in [0.3, 0.4) is 0 Å². The first kappa shape index (κ1) is 13.2. The Kier molecular flexibility index (Phi) is 4.76. The first-order chi connectivity index (χ1) is 8.20. The highest BCUT2D eigenvalue weighted by Gasteiger charge is 2.28. The molecule has 2 heterocycles. The van der Waals surface area contributed by atoms with Gasteiger partial charge in [-0.1, -0.05) is 19.0 Å². The molecule has 1 fully saturated rings. The van der Waals surface area contributed by atoms with Crippen molar-refractivity contribution in [3.63, 3.8) is 0 Å². The van der Waals surface area contributed by atoms with Gasteiger partial charge in [-0.3, -0.25) is 0 Å². The molecule has 0 amide bonds. The predicted octanol–water partition coefficient (Wildman–Crippen LogP) is 2.29. The first-order valence-electron chi connectivity index (χ1n) is 5.94. The molecule has 4 nitrogen and oxygen atoms in total. The molecule has 1 saturated heterocycles. The Hall–Kier alpha value is -0.200. The fourth-order valence-electron chi connectivity index (χ4n) is 1.73. The van der Waals surface area contributed by atoms with Crippen LogP contribution in [0.2, 0.25) is 0 Å². The fraction of sp³-hybridized carbons (Fsp3) is 0.818. The van der Waals surface area contributed by atoms with E-state index < -0.39 is 0 Å². The van der Waals surface area contributed by atoms with Crippen molar-refractivity contribution in [2.75, 3.05) is 11.5 Å². The molecule has 0 radical (unpaired) electrons. The van der Waals surface area contributed by atoms with E-state index in [9.17, 15) is 5.11 Å². The largest absolute Gasteiger partial charge is 0.393 e. The van der Waals surface area contributed by atoms with Crippen LogP contribution in [-0.4, -0.2) is 38.1 Å². The number of nitrogens with zero attached hydrogens (tertiary/aromatic N) is 2. The lowest BCUT2D eigenvalue weighted by Gasteiger charge is -2.24. The van der Waals surface area contributed by atoms with Gasteiger partial charge in [-0.15, -0.1) is 11.8 Å². The molecule has 96 valence electrons. The molecular formula is C11H18N2O2S2.